The molecule has 0 spiro atoms. The Kier molecular flexibility index (Phi) is 5.38. The lowest BCUT2D eigenvalue weighted by Crippen LogP contribution is -2.33. The number of hydrogen-bond acceptors (Lipinski definition) is 4. The van der Waals surface area contributed by atoms with E-state index in [1.54, 1.807) is 4.90 Å². The van der Waals surface area contributed by atoms with Gasteiger partial charge in [0.05, 0.1) is 0 Å². The highest BCUT2D eigenvalue weighted by atomic mass is 32.2. The standard InChI is InChI=1S/C19H21N3O2S/c1-3-20-19-22(4-2)18(24)16(25-19)12-17(23)21-15-11-7-9-13-8-5-6-10-14(13)15/h5-11,16H,3-4,12H2,1-2H3,(H,21,23)/t16-/m0/s1. The molecule has 25 heavy (non-hydrogen) atoms. The Morgan fingerprint density at radius 2 is 1.96 bits per heavy atom. The minimum atomic E-state index is -0.403. The average molecular weight is 355 g/mol. The van der Waals surface area contributed by atoms with E-state index in [1.807, 2.05) is 56.3 Å². The van der Waals surface area contributed by atoms with Gasteiger partial charge >= 0.3 is 0 Å². The van der Waals surface area contributed by atoms with Crippen molar-refractivity contribution in [2.24, 2.45) is 4.99 Å². The van der Waals surface area contributed by atoms with Crippen LogP contribution in [0.5, 0.6) is 0 Å². The van der Waals surface area contributed by atoms with Crippen molar-refractivity contribution in [3.63, 3.8) is 0 Å². The molecule has 2 aromatic rings. The van der Waals surface area contributed by atoms with Crippen LogP contribution in [0.25, 0.3) is 10.8 Å². The molecule has 1 atom stereocenters. The summed E-state index contributed by atoms with van der Waals surface area (Å²) in [6, 6.07) is 13.7. The minimum Gasteiger partial charge on any atom is -0.325 e. The number of amidine groups is 1. The molecule has 1 aliphatic rings. The van der Waals surface area contributed by atoms with E-state index >= 15 is 0 Å². The molecule has 5 nitrogen and oxygen atoms in total. The summed E-state index contributed by atoms with van der Waals surface area (Å²) in [5.41, 5.74) is 0.772. The Morgan fingerprint density at radius 3 is 2.72 bits per heavy atom. The van der Waals surface area contributed by atoms with E-state index in [-0.39, 0.29) is 18.2 Å². The number of nitrogens with one attached hydrogen (secondary N) is 1. The first-order valence-electron chi connectivity index (χ1n) is 8.44. The van der Waals surface area contributed by atoms with Crippen LogP contribution in [0.4, 0.5) is 5.69 Å². The molecule has 0 saturated carbocycles. The molecule has 2 aromatic carbocycles. The second kappa shape index (κ2) is 7.70. The van der Waals surface area contributed by atoms with Crippen molar-refractivity contribution in [2.45, 2.75) is 25.5 Å². The maximum atomic E-state index is 12.5. The second-order valence-electron chi connectivity index (χ2n) is 5.72. The predicted octanol–water partition coefficient (Wildman–Crippen LogP) is 3.51. The molecule has 130 valence electrons. The number of carbonyl (C=O) groups is 2. The molecule has 1 fully saturated rings. The van der Waals surface area contributed by atoms with Crippen LogP contribution in [0.1, 0.15) is 20.3 Å². The Bertz CT molecular complexity index is 829. The number of thioether (sulfide) groups is 1. The van der Waals surface area contributed by atoms with Crippen molar-refractivity contribution in [1.29, 1.82) is 0 Å². The smallest absolute Gasteiger partial charge is 0.242 e. The lowest BCUT2D eigenvalue weighted by atomic mass is 10.1. The summed E-state index contributed by atoms with van der Waals surface area (Å²) >= 11 is 1.38. The molecule has 1 aliphatic heterocycles. The molecule has 3 rings (SSSR count). The average Bonchev–Trinajstić information content (AvgIpc) is 2.90. The van der Waals surface area contributed by atoms with Gasteiger partial charge < -0.3 is 5.32 Å². The number of hydrogen-bond donors (Lipinski definition) is 1. The molecule has 1 saturated heterocycles. The van der Waals surface area contributed by atoms with Gasteiger partial charge in [-0.05, 0) is 25.3 Å². The fourth-order valence-corrected chi connectivity index (χ4v) is 4.16. The number of rotatable bonds is 5. The zero-order chi connectivity index (χ0) is 17.8. The highest BCUT2D eigenvalue weighted by molar-refractivity contribution is 8.15. The topological polar surface area (TPSA) is 61.8 Å². The zero-order valence-corrected chi connectivity index (χ0v) is 15.2. The quantitative estimate of drug-likeness (QED) is 0.893. The third-order valence-corrected chi connectivity index (χ3v) is 5.28. The van der Waals surface area contributed by atoms with Crippen LogP contribution in [-0.2, 0) is 9.59 Å². The number of fused-ring (bicyclic) bond motifs is 1. The van der Waals surface area contributed by atoms with Crippen molar-refractivity contribution < 1.29 is 9.59 Å². The van der Waals surface area contributed by atoms with Gasteiger partial charge in [0.25, 0.3) is 0 Å². The van der Waals surface area contributed by atoms with Crippen molar-refractivity contribution in [3.8, 4) is 0 Å². The molecule has 0 unspecified atom stereocenters. The van der Waals surface area contributed by atoms with Gasteiger partial charge in [-0.15, -0.1) is 0 Å². The van der Waals surface area contributed by atoms with Crippen LogP contribution in [0, 0.1) is 0 Å². The van der Waals surface area contributed by atoms with Crippen molar-refractivity contribution in [3.05, 3.63) is 42.5 Å². The molecule has 1 N–H and O–H groups in total. The molecular weight excluding hydrogens is 334 g/mol. The van der Waals surface area contributed by atoms with Crippen LogP contribution in [-0.4, -0.2) is 40.2 Å². The summed E-state index contributed by atoms with van der Waals surface area (Å²) in [7, 11) is 0. The van der Waals surface area contributed by atoms with E-state index in [1.165, 1.54) is 11.8 Å². The van der Waals surface area contributed by atoms with Gasteiger partial charge in [0.1, 0.15) is 5.25 Å². The van der Waals surface area contributed by atoms with Crippen LogP contribution in [0.2, 0.25) is 0 Å². The number of carbonyl (C=O) groups excluding carboxylic acids is 2. The Labute approximate surface area is 151 Å². The second-order valence-corrected chi connectivity index (χ2v) is 6.89. The molecular formula is C19H21N3O2S. The number of amides is 2. The Hall–Kier alpha value is -2.34. The number of aliphatic imine (C=N–C) groups is 1. The molecule has 0 bridgehead atoms. The lowest BCUT2D eigenvalue weighted by Gasteiger charge is -2.13. The van der Waals surface area contributed by atoms with E-state index in [0.717, 1.165) is 21.6 Å². The number of anilines is 1. The van der Waals surface area contributed by atoms with E-state index in [4.69, 9.17) is 0 Å². The molecule has 1 heterocycles. The molecule has 0 aromatic heterocycles. The van der Waals surface area contributed by atoms with Gasteiger partial charge in [0.2, 0.25) is 11.8 Å². The van der Waals surface area contributed by atoms with E-state index in [9.17, 15) is 9.59 Å². The summed E-state index contributed by atoms with van der Waals surface area (Å²) in [5.74, 6) is -0.191. The van der Waals surface area contributed by atoms with Crippen molar-refractivity contribution in [2.75, 3.05) is 18.4 Å². The number of nitrogens with zero attached hydrogens (tertiary/aromatic N) is 2. The third-order valence-electron chi connectivity index (χ3n) is 4.06. The summed E-state index contributed by atoms with van der Waals surface area (Å²) < 4.78 is 0. The third kappa shape index (κ3) is 3.69. The highest BCUT2D eigenvalue weighted by Crippen LogP contribution is 2.30. The Balaban J connectivity index is 1.72. The maximum absolute atomic E-state index is 12.5. The van der Waals surface area contributed by atoms with Crippen LogP contribution in [0.15, 0.2) is 47.5 Å². The summed E-state index contributed by atoms with van der Waals surface area (Å²) in [6.45, 7) is 5.06. The van der Waals surface area contributed by atoms with Gasteiger partial charge in [-0.3, -0.25) is 19.5 Å². The van der Waals surface area contributed by atoms with Crippen LogP contribution >= 0.6 is 11.8 Å². The van der Waals surface area contributed by atoms with Gasteiger partial charge in [-0.1, -0.05) is 48.2 Å². The monoisotopic (exact) mass is 355 g/mol. The SMILES string of the molecule is CCN=C1S[C@@H](CC(=O)Nc2cccc3ccccc23)C(=O)N1CC. The summed E-state index contributed by atoms with van der Waals surface area (Å²) in [4.78, 5) is 31.0. The first kappa shape index (κ1) is 17.5. The first-order valence-corrected chi connectivity index (χ1v) is 9.32. The highest BCUT2D eigenvalue weighted by Gasteiger charge is 2.38. The first-order chi connectivity index (χ1) is 12.1. The fourth-order valence-electron chi connectivity index (χ4n) is 2.89. The van der Waals surface area contributed by atoms with E-state index in [0.29, 0.717) is 13.1 Å². The van der Waals surface area contributed by atoms with Gasteiger partial charge in [-0.2, -0.15) is 0 Å². The minimum absolute atomic E-state index is 0.0345. The summed E-state index contributed by atoms with van der Waals surface area (Å²) in [5, 5.41) is 5.33. The number of benzene rings is 2. The zero-order valence-electron chi connectivity index (χ0n) is 14.4. The maximum Gasteiger partial charge on any atom is 0.242 e. The Morgan fingerprint density at radius 1 is 1.20 bits per heavy atom. The molecule has 0 radical (unpaired) electrons. The van der Waals surface area contributed by atoms with Crippen LogP contribution in [0.3, 0.4) is 0 Å². The van der Waals surface area contributed by atoms with E-state index < -0.39 is 5.25 Å². The van der Waals surface area contributed by atoms with Crippen LogP contribution < -0.4 is 5.32 Å². The van der Waals surface area contributed by atoms with Gasteiger partial charge in [0, 0.05) is 30.6 Å². The van der Waals surface area contributed by atoms with Gasteiger partial charge in [0.15, 0.2) is 5.17 Å². The molecule has 6 heteroatoms. The van der Waals surface area contributed by atoms with Crippen molar-refractivity contribution in [1.82, 2.24) is 4.90 Å². The predicted molar refractivity (Wildman–Crippen MR) is 104 cm³/mol. The van der Waals surface area contributed by atoms with Crippen molar-refractivity contribution >= 4 is 45.2 Å². The molecule has 0 aliphatic carbocycles. The normalized spacial score (nSPS) is 19.0. The van der Waals surface area contributed by atoms with Gasteiger partial charge in [-0.25, -0.2) is 0 Å². The summed E-state index contributed by atoms with van der Waals surface area (Å²) in [6.07, 6.45) is 0.145. The molecule has 2 amide bonds. The lowest BCUT2D eigenvalue weighted by molar-refractivity contribution is -0.128. The largest absolute Gasteiger partial charge is 0.325 e. The fraction of sp³-hybridized carbons (Fsp3) is 0.316. The van der Waals surface area contributed by atoms with E-state index in [2.05, 4.69) is 10.3 Å².